The smallest absolute Gasteiger partial charge is 0.476 e. The lowest BCUT2D eigenvalue weighted by Gasteiger charge is -2.23. The first kappa shape index (κ1) is 51.4. The van der Waals surface area contributed by atoms with Gasteiger partial charge in [0.05, 0.1) is 32.5 Å². The molecule has 32 heteroatoms. The second-order valence-electron chi connectivity index (χ2n) is 12.4. The van der Waals surface area contributed by atoms with Gasteiger partial charge in [-0.25, -0.2) is 18.9 Å². The quantitative estimate of drug-likeness (QED) is 0.0101. The minimum absolute atomic E-state index is 0.0925. The van der Waals surface area contributed by atoms with Gasteiger partial charge in [0.2, 0.25) is 13.3 Å². The molecule has 2 heterocycles. The van der Waals surface area contributed by atoms with Crippen molar-refractivity contribution >= 4 is 34.6 Å². The second-order valence-corrected chi connectivity index (χ2v) is 18.8. The van der Waals surface area contributed by atoms with Crippen LogP contribution in [-0.2, 0) is 50.9 Å². The van der Waals surface area contributed by atoms with Crippen molar-refractivity contribution in [2.24, 2.45) is 16.0 Å². The Bertz CT molecular complexity index is 2290. The molecule has 1 aliphatic heterocycles. The van der Waals surface area contributed by atoms with E-state index in [1.54, 1.807) is 18.2 Å². The van der Waals surface area contributed by atoms with Gasteiger partial charge in [-0.05, 0) is 29.3 Å². The van der Waals surface area contributed by atoms with Crippen LogP contribution in [-0.4, -0.2) is 127 Å². The number of hydrogen-bond acceptors (Lipinski definition) is 19. The Hall–Kier alpha value is -4.93. The molecule has 6 atom stereocenters. The predicted molar refractivity (Wildman–Crippen MR) is 210 cm³/mol. The number of nitrogens with one attached hydrogen (secondary N) is 3. The minimum Gasteiger partial charge on any atom is -0.491 e. The highest BCUT2D eigenvalue weighted by Gasteiger charge is 2.43. The lowest BCUT2D eigenvalue weighted by molar-refractivity contribution is -0.144. The molecule has 2 aromatic rings. The SMILES string of the molecule is CP(=O)(CP(=O)(OO)OP(=O)(O)O)OCC1OC(n2cc(C#CCNC(=O)COCCOC(COc3cccc(C(=O)NCCN)c3)N=[N+]=[N-])c(=O)[nH]c2=O)CC1OCN=[N+]=[N-]. The number of azide groups is 2. The van der Waals surface area contributed by atoms with Gasteiger partial charge in [-0.15, -0.1) is 0 Å². The number of aromatic amines is 1. The molecule has 62 heavy (non-hydrogen) atoms. The fraction of sp³-hybridized carbons (Fsp3) is 0.533. The third-order valence-electron chi connectivity index (χ3n) is 7.63. The third kappa shape index (κ3) is 18.2. The van der Waals surface area contributed by atoms with Crippen LogP contribution < -0.4 is 32.4 Å². The maximum Gasteiger partial charge on any atom is 0.476 e. The Kier molecular flexibility index (Phi) is 20.9. The number of ether oxygens (including phenoxy) is 5. The zero-order valence-corrected chi connectivity index (χ0v) is 35.2. The molecule has 2 amide bonds. The van der Waals surface area contributed by atoms with E-state index in [1.807, 2.05) is 0 Å². The number of nitrogens with two attached hydrogens (primary N) is 1. The summed E-state index contributed by atoms with van der Waals surface area (Å²) in [5, 5.41) is 20.8. The first-order chi connectivity index (χ1) is 29.4. The van der Waals surface area contributed by atoms with Crippen LogP contribution in [0.4, 0.5) is 0 Å². The summed E-state index contributed by atoms with van der Waals surface area (Å²) >= 11 is 0. The predicted octanol–water partition coefficient (Wildman–Crippen LogP) is 1.06. The van der Waals surface area contributed by atoms with Crippen molar-refractivity contribution < 1.29 is 75.5 Å². The molecular weight excluding hydrogens is 895 g/mol. The molecule has 1 saturated heterocycles. The topological polar surface area (TPSA) is 422 Å². The number of benzene rings is 1. The number of rotatable bonds is 26. The highest BCUT2D eigenvalue weighted by atomic mass is 31.3. The fourth-order valence-corrected chi connectivity index (χ4v) is 10.7. The molecule has 0 aliphatic carbocycles. The van der Waals surface area contributed by atoms with Crippen molar-refractivity contribution in [2.75, 3.05) is 72.0 Å². The van der Waals surface area contributed by atoms with Crippen molar-refractivity contribution in [3.05, 3.63) is 83.3 Å². The molecule has 1 aliphatic rings. The normalized spacial score (nSPS) is 18.4. The van der Waals surface area contributed by atoms with E-state index in [1.165, 1.54) is 6.07 Å². The molecule has 1 fully saturated rings. The maximum absolute atomic E-state index is 13.0. The van der Waals surface area contributed by atoms with Crippen LogP contribution in [0.3, 0.4) is 0 Å². The summed E-state index contributed by atoms with van der Waals surface area (Å²) in [5.41, 5.74) is 21.2. The van der Waals surface area contributed by atoms with Crippen molar-refractivity contribution in [1.29, 1.82) is 0 Å². The second kappa shape index (κ2) is 25.2. The first-order valence-electron chi connectivity index (χ1n) is 17.6. The van der Waals surface area contributed by atoms with Crippen LogP contribution in [0.1, 0.15) is 28.6 Å². The molecule has 3 rings (SSSR count). The zero-order valence-electron chi connectivity index (χ0n) is 32.5. The van der Waals surface area contributed by atoms with Gasteiger partial charge in [0.1, 0.15) is 49.5 Å². The van der Waals surface area contributed by atoms with Crippen LogP contribution in [0.5, 0.6) is 5.75 Å². The summed E-state index contributed by atoms with van der Waals surface area (Å²) in [7, 11) is -14.7. The van der Waals surface area contributed by atoms with Gasteiger partial charge >= 0.3 is 21.1 Å². The van der Waals surface area contributed by atoms with Gasteiger partial charge in [0.25, 0.3) is 11.5 Å². The summed E-state index contributed by atoms with van der Waals surface area (Å²) in [5.74, 6) is 3.17. The highest BCUT2D eigenvalue weighted by Crippen LogP contribution is 2.67. The first-order valence-corrected chi connectivity index (χ1v) is 23.2. The monoisotopic (exact) mass is 937 g/mol. The van der Waals surface area contributed by atoms with Crippen LogP contribution in [0.25, 0.3) is 20.9 Å². The maximum atomic E-state index is 13.0. The largest absolute Gasteiger partial charge is 0.491 e. The molecule has 0 saturated carbocycles. The lowest BCUT2D eigenvalue weighted by Crippen LogP contribution is -2.34. The Balaban J connectivity index is 1.52. The molecule has 1 aromatic carbocycles. The van der Waals surface area contributed by atoms with E-state index in [0.717, 1.165) is 17.4 Å². The standard InChI is InChI=1S/C30H42N11O18P3/c1-60(47,19-61(48,58-46)59-62(49,50)51)56-15-24-23(55-18-36-39-32)13-27(57-24)41-14-21(29(44)37-30(41)45)5-3-8-34-25(42)16-52-10-11-53-26(38-40-33)17-54-22-6-2-4-20(12-22)28(43)35-9-7-31/h2,4,6,12,14,23-24,26-27,46H,7-11,13,15-19,31H2,1H3,(H,34,42)(H,35,43)(H,37,44,45)(H2,49,50,51). The lowest BCUT2D eigenvalue weighted by atomic mass is 10.2. The molecule has 6 unspecified atom stereocenters. The molecule has 0 radical (unpaired) electrons. The Labute approximate surface area is 349 Å². The number of carbonyl (C=O) groups is 2. The molecule has 8 N–H and O–H groups in total. The van der Waals surface area contributed by atoms with Crippen LogP contribution >= 0.6 is 22.8 Å². The van der Waals surface area contributed by atoms with Crippen molar-refractivity contribution in [2.45, 2.75) is 31.1 Å². The summed E-state index contributed by atoms with van der Waals surface area (Å²) in [6, 6.07) is 6.27. The Morgan fingerprint density at radius 2 is 1.95 bits per heavy atom. The summed E-state index contributed by atoms with van der Waals surface area (Å²) in [4.78, 5) is 75.0. The number of carbonyl (C=O) groups excluding carboxylic acids is 2. The van der Waals surface area contributed by atoms with Crippen molar-refractivity contribution in [1.82, 2.24) is 20.2 Å². The van der Waals surface area contributed by atoms with Gasteiger partial charge in [0.15, 0.2) is 6.23 Å². The Morgan fingerprint density at radius 1 is 1.18 bits per heavy atom. The Morgan fingerprint density at radius 3 is 2.65 bits per heavy atom. The van der Waals surface area contributed by atoms with Gasteiger partial charge in [-0.2, -0.15) is 4.67 Å². The number of nitrogens with zero attached hydrogens (tertiary/aromatic N) is 7. The third-order valence-corrected chi connectivity index (χ3v) is 13.9. The van der Waals surface area contributed by atoms with Crippen LogP contribution in [0.15, 0.2) is 50.3 Å². The number of hydrogen-bond donors (Lipinski definition) is 7. The van der Waals surface area contributed by atoms with Gasteiger partial charge in [-0.3, -0.25) is 33.1 Å². The van der Waals surface area contributed by atoms with Crippen LogP contribution in [0.2, 0.25) is 0 Å². The molecule has 0 bridgehead atoms. The number of amides is 2. The minimum atomic E-state index is -5.47. The number of H-pyrrole nitrogens is 1. The number of aromatic nitrogens is 2. The molecule has 1 aromatic heterocycles. The van der Waals surface area contributed by atoms with E-state index in [4.69, 9.17) is 60.0 Å². The molecule has 340 valence electrons. The van der Waals surface area contributed by atoms with Gasteiger partial charge < -0.3 is 54.4 Å². The molecule has 0 spiro atoms. The van der Waals surface area contributed by atoms with E-state index in [0.29, 0.717) is 17.9 Å². The van der Waals surface area contributed by atoms with E-state index in [2.05, 4.69) is 56.5 Å². The average molecular weight is 938 g/mol. The van der Waals surface area contributed by atoms with E-state index >= 15 is 0 Å². The summed E-state index contributed by atoms with van der Waals surface area (Å²) < 4.78 is 78.0. The number of phosphoric acid groups is 1. The molecular formula is C30H42N11O18P3. The van der Waals surface area contributed by atoms with E-state index in [-0.39, 0.29) is 50.8 Å². The average Bonchev–Trinajstić information content (AvgIpc) is 3.62. The highest BCUT2D eigenvalue weighted by molar-refractivity contribution is 7.76. The van der Waals surface area contributed by atoms with Gasteiger partial charge in [0, 0.05) is 47.8 Å². The fourth-order valence-electron chi connectivity index (χ4n) is 5.05. The summed E-state index contributed by atoms with van der Waals surface area (Å²) in [6.07, 6.45) is -3.55. The van der Waals surface area contributed by atoms with Crippen LogP contribution in [0, 0.1) is 11.8 Å². The van der Waals surface area contributed by atoms with E-state index in [9.17, 15) is 32.9 Å². The summed E-state index contributed by atoms with van der Waals surface area (Å²) in [6.45, 7) is -0.759. The molecule has 29 nitrogen and oxygen atoms in total. The van der Waals surface area contributed by atoms with E-state index < -0.39 is 90.5 Å². The van der Waals surface area contributed by atoms with Crippen molar-refractivity contribution in [3.63, 3.8) is 0 Å². The van der Waals surface area contributed by atoms with Gasteiger partial charge in [-0.1, -0.05) is 28.1 Å². The zero-order chi connectivity index (χ0) is 45.8. The van der Waals surface area contributed by atoms with Crippen molar-refractivity contribution in [3.8, 4) is 17.6 Å².